The maximum Gasteiger partial charge on any atom is 0.330 e. The predicted molar refractivity (Wildman–Crippen MR) is 69.8 cm³/mol. The molecule has 3 aromatic heterocycles. The van der Waals surface area contributed by atoms with E-state index in [-0.39, 0.29) is 17.0 Å². The molecule has 7 nitrogen and oxygen atoms in total. The molecule has 0 saturated heterocycles. The van der Waals surface area contributed by atoms with Gasteiger partial charge in [0.25, 0.3) is 5.56 Å². The fourth-order valence-corrected chi connectivity index (χ4v) is 2.01. The average molecular weight is 275 g/mol. The number of hydrogen-bond acceptors (Lipinski definition) is 4. The zero-order valence-corrected chi connectivity index (χ0v) is 10.5. The highest BCUT2D eigenvalue weighted by Crippen LogP contribution is 2.17. The number of imidazole rings is 1. The molecule has 0 aliphatic heterocycles. The minimum atomic E-state index is -0.558. The van der Waals surface area contributed by atoms with Crippen LogP contribution in [0.2, 0.25) is 0 Å². The summed E-state index contributed by atoms with van der Waals surface area (Å²) in [5.41, 5.74) is -0.278. The molecule has 3 aromatic rings. The first-order chi connectivity index (χ1) is 9.60. The van der Waals surface area contributed by atoms with Crippen molar-refractivity contribution < 1.29 is 4.39 Å². The third-order valence-corrected chi connectivity index (χ3v) is 2.93. The molecule has 2 N–H and O–H groups in total. The van der Waals surface area contributed by atoms with Crippen molar-refractivity contribution in [3.05, 3.63) is 45.1 Å². The van der Waals surface area contributed by atoms with Gasteiger partial charge in [-0.3, -0.25) is 19.3 Å². The highest BCUT2D eigenvalue weighted by atomic mass is 19.1. The smallest absolute Gasteiger partial charge is 0.330 e. The van der Waals surface area contributed by atoms with Gasteiger partial charge in [0, 0.05) is 18.3 Å². The molecule has 0 aromatic carbocycles. The minimum Gasteiger partial charge on any atom is -0.332 e. The lowest BCUT2D eigenvalue weighted by molar-refractivity contribution is 0.622. The van der Waals surface area contributed by atoms with Gasteiger partial charge < -0.3 is 4.98 Å². The number of hydrogen-bond donors (Lipinski definition) is 2. The third-order valence-electron chi connectivity index (χ3n) is 2.93. The summed E-state index contributed by atoms with van der Waals surface area (Å²) < 4.78 is 14.5. The van der Waals surface area contributed by atoms with Crippen LogP contribution in [0, 0.1) is 5.82 Å². The summed E-state index contributed by atoms with van der Waals surface area (Å²) in [6.07, 6.45) is 2.49. The van der Waals surface area contributed by atoms with E-state index in [1.54, 1.807) is 6.92 Å². The van der Waals surface area contributed by atoms with Crippen molar-refractivity contribution >= 4 is 11.2 Å². The number of fused-ring (bicyclic) bond motifs is 1. The van der Waals surface area contributed by atoms with E-state index in [1.165, 1.54) is 16.8 Å². The molecule has 0 saturated carbocycles. The van der Waals surface area contributed by atoms with Crippen LogP contribution in [-0.2, 0) is 6.54 Å². The summed E-state index contributed by atoms with van der Waals surface area (Å²) in [6.45, 7) is 2.12. The summed E-state index contributed by atoms with van der Waals surface area (Å²) in [6, 6.07) is 1.24. The average Bonchev–Trinajstić information content (AvgIpc) is 2.84. The van der Waals surface area contributed by atoms with E-state index in [0.717, 1.165) is 6.20 Å². The van der Waals surface area contributed by atoms with Gasteiger partial charge in [-0.05, 0) is 13.0 Å². The molecule has 0 fully saturated rings. The lowest BCUT2D eigenvalue weighted by Gasteiger charge is -1.99. The van der Waals surface area contributed by atoms with Crippen molar-refractivity contribution in [2.24, 2.45) is 0 Å². The van der Waals surface area contributed by atoms with Crippen LogP contribution in [0.25, 0.3) is 22.6 Å². The molecule has 0 atom stereocenters. The van der Waals surface area contributed by atoms with Crippen LogP contribution in [0.5, 0.6) is 0 Å². The number of nitrogens with one attached hydrogen (secondary N) is 2. The van der Waals surface area contributed by atoms with Gasteiger partial charge in [0.15, 0.2) is 5.65 Å². The van der Waals surface area contributed by atoms with Crippen LogP contribution in [0.1, 0.15) is 6.92 Å². The SMILES string of the molecule is CCn1c(=O)[nH]c(=O)c2[nH]c(-c3cncc(F)c3)nc21. The second kappa shape index (κ2) is 4.41. The molecule has 8 heteroatoms. The number of halogens is 1. The molecular formula is C12H10FN5O2. The van der Waals surface area contributed by atoms with Gasteiger partial charge in [0.05, 0.1) is 6.20 Å². The van der Waals surface area contributed by atoms with Crippen molar-refractivity contribution in [1.82, 2.24) is 24.5 Å². The van der Waals surface area contributed by atoms with Gasteiger partial charge >= 0.3 is 5.69 Å². The zero-order chi connectivity index (χ0) is 14.3. The van der Waals surface area contributed by atoms with Crippen molar-refractivity contribution in [3.63, 3.8) is 0 Å². The monoisotopic (exact) mass is 275 g/mol. The lowest BCUT2D eigenvalue weighted by Crippen LogP contribution is -2.29. The summed E-state index contributed by atoms with van der Waals surface area (Å²) in [7, 11) is 0. The minimum absolute atomic E-state index is 0.172. The summed E-state index contributed by atoms with van der Waals surface area (Å²) in [5.74, 6) is -0.227. The Morgan fingerprint density at radius 2 is 2.10 bits per heavy atom. The van der Waals surface area contributed by atoms with E-state index >= 15 is 0 Å². The Hall–Kier alpha value is -2.77. The van der Waals surface area contributed by atoms with E-state index in [0.29, 0.717) is 12.1 Å². The number of aromatic amines is 2. The van der Waals surface area contributed by atoms with Gasteiger partial charge in [-0.1, -0.05) is 0 Å². The topological polar surface area (TPSA) is 96.4 Å². The normalized spacial score (nSPS) is 11.1. The van der Waals surface area contributed by atoms with E-state index in [9.17, 15) is 14.0 Å². The molecule has 102 valence electrons. The number of nitrogens with zero attached hydrogens (tertiary/aromatic N) is 3. The number of aryl methyl sites for hydroxylation is 1. The van der Waals surface area contributed by atoms with Crippen LogP contribution in [0.3, 0.4) is 0 Å². The van der Waals surface area contributed by atoms with Crippen LogP contribution < -0.4 is 11.2 Å². The lowest BCUT2D eigenvalue weighted by atomic mass is 10.3. The van der Waals surface area contributed by atoms with E-state index in [1.807, 2.05) is 0 Å². The Balaban J connectivity index is 2.33. The first kappa shape index (κ1) is 12.3. The van der Waals surface area contributed by atoms with Gasteiger partial charge in [0.1, 0.15) is 17.2 Å². The van der Waals surface area contributed by atoms with Gasteiger partial charge in [-0.2, -0.15) is 0 Å². The molecule has 0 bridgehead atoms. The highest BCUT2D eigenvalue weighted by Gasteiger charge is 2.13. The van der Waals surface area contributed by atoms with Crippen molar-refractivity contribution in [2.75, 3.05) is 0 Å². The third kappa shape index (κ3) is 1.81. The van der Waals surface area contributed by atoms with Gasteiger partial charge in [0.2, 0.25) is 0 Å². The summed E-state index contributed by atoms with van der Waals surface area (Å²) in [4.78, 5) is 36.3. The predicted octanol–water partition coefficient (Wildman–Crippen LogP) is 0.634. The summed E-state index contributed by atoms with van der Waals surface area (Å²) >= 11 is 0. The van der Waals surface area contributed by atoms with E-state index in [2.05, 4.69) is 19.9 Å². The molecule has 0 amide bonds. The van der Waals surface area contributed by atoms with Gasteiger partial charge in [-0.15, -0.1) is 0 Å². The highest BCUT2D eigenvalue weighted by molar-refractivity contribution is 5.75. The Kier molecular flexibility index (Phi) is 2.70. The largest absolute Gasteiger partial charge is 0.332 e. The molecule has 20 heavy (non-hydrogen) atoms. The molecule has 0 aliphatic carbocycles. The van der Waals surface area contributed by atoms with Crippen LogP contribution >= 0.6 is 0 Å². The van der Waals surface area contributed by atoms with Crippen LogP contribution in [0.15, 0.2) is 28.0 Å². The summed E-state index contributed by atoms with van der Waals surface area (Å²) in [5, 5.41) is 0. The number of rotatable bonds is 2. The zero-order valence-electron chi connectivity index (χ0n) is 10.5. The Bertz CT molecular complexity index is 908. The van der Waals surface area contributed by atoms with Crippen molar-refractivity contribution in [3.8, 4) is 11.4 Å². The number of pyridine rings is 1. The molecular weight excluding hydrogens is 265 g/mol. The first-order valence-electron chi connectivity index (χ1n) is 5.94. The molecule has 0 radical (unpaired) electrons. The Morgan fingerprint density at radius 3 is 2.80 bits per heavy atom. The maximum absolute atomic E-state index is 13.2. The standard InChI is InChI=1S/C12H10FN5O2/c1-2-18-10-8(11(19)17-12(18)20)15-9(16-10)6-3-7(13)5-14-4-6/h3-5H,2H2,1H3,(H,15,16)(H,17,19,20). The van der Waals surface area contributed by atoms with E-state index < -0.39 is 17.1 Å². The molecule has 0 unspecified atom stereocenters. The number of H-pyrrole nitrogens is 2. The molecule has 3 heterocycles. The fraction of sp³-hybridized carbons (Fsp3) is 0.167. The second-order valence-corrected chi connectivity index (χ2v) is 4.18. The molecule has 0 spiro atoms. The molecule has 3 rings (SSSR count). The Labute approximate surface area is 111 Å². The van der Waals surface area contributed by atoms with E-state index in [4.69, 9.17) is 0 Å². The van der Waals surface area contributed by atoms with Gasteiger partial charge in [-0.25, -0.2) is 14.2 Å². The quantitative estimate of drug-likeness (QED) is 0.717. The molecule has 0 aliphatic rings. The van der Waals surface area contributed by atoms with Crippen LogP contribution in [-0.4, -0.2) is 24.5 Å². The van der Waals surface area contributed by atoms with Crippen LogP contribution in [0.4, 0.5) is 4.39 Å². The van der Waals surface area contributed by atoms with Crippen molar-refractivity contribution in [2.45, 2.75) is 13.5 Å². The Morgan fingerprint density at radius 1 is 1.30 bits per heavy atom. The first-order valence-corrected chi connectivity index (χ1v) is 5.94. The van der Waals surface area contributed by atoms with Crippen molar-refractivity contribution in [1.29, 1.82) is 0 Å². The fourth-order valence-electron chi connectivity index (χ4n) is 2.01. The maximum atomic E-state index is 13.2. The number of aromatic nitrogens is 5. The second-order valence-electron chi connectivity index (χ2n) is 4.18.